The van der Waals surface area contributed by atoms with E-state index in [2.05, 4.69) is 34.3 Å². The number of nitrogen functional groups attached to an aromatic ring is 1. The summed E-state index contributed by atoms with van der Waals surface area (Å²) in [6, 6.07) is 6.23. The highest BCUT2D eigenvalue weighted by atomic mass is 32.1. The van der Waals surface area contributed by atoms with Gasteiger partial charge in [-0.1, -0.05) is 5.92 Å². The number of urea groups is 1. The van der Waals surface area contributed by atoms with E-state index >= 15 is 0 Å². The molecule has 0 spiro atoms. The first-order valence-electron chi connectivity index (χ1n) is 9.61. The molecule has 0 bridgehead atoms. The van der Waals surface area contributed by atoms with Gasteiger partial charge in [0.2, 0.25) is 0 Å². The van der Waals surface area contributed by atoms with Gasteiger partial charge in [-0.05, 0) is 61.1 Å². The predicted molar refractivity (Wildman–Crippen MR) is 122 cm³/mol. The van der Waals surface area contributed by atoms with E-state index in [0.29, 0.717) is 10.6 Å². The molecule has 2 aromatic rings. The fraction of sp³-hybridized carbons (Fsp3) is 0.227. The first-order valence-corrected chi connectivity index (χ1v) is 10.4. The summed E-state index contributed by atoms with van der Waals surface area (Å²) in [6.07, 6.45) is -3.28. The highest BCUT2D eigenvalue weighted by molar-refractivity contribution is 7.16. The second-order valence-corrected chi connectivity index (χ2v) is 8.06. The van der Waals surface area contributed by atoms with Crippen LogP contribution in [0.4, 0.5) is 18.6 Å². The Bertz CT molecular complexity index is 1180. The molecule has 12 heteroatoms. The van der Waals surface area contributed by atoms with E-state index in [1.165, 1.54) is 48.1 Å². The Morgan fingerprint density at radius 2 is 1.74 bits per heavy atom. The van der Waals surface area contributed by atoms with Crippen molar-refractivity contribution in [2.75, 3.05) is 12.8 Å². The summed E-state index contributed by atoms with van der Waals surface area (Å²) >= 11 is 1.33. The van der Waals surface area contributed by atoms with E-state index in [4.69, 9.17) is 10.9 Å². The Morgan fingerprint density at radius 1 is 1.09 bits per heavy atom. The number of carbonyl (C=O) groups is 3. The van der Waals surface area contributed by atoms with Crippen LogP contribution < -0.4 is 27.2 Å². The summed E-state index contributed by atoms with van der Waals surface area (Å²) in [5.41, 5.74) is 4.86. The van der Waals surface area contributed by atoms with Crippen LogP contribution in [0, 0.1) is 23.7 Å². The number of alkyl halides is 2. The largest absolute Gasteiger partial charge is 0.391 e. The van der Waals surface area contributed by atoms with Crippen molar-refractivity contribution in [2.24, 2.45) is 0 Å². The van der Waals surface area contributed by atoms with Crippen LogP contribution in [-0.2, 0) is 4.79 Å². The Hall–Kier alpha value is -4.13. The molecule has 1 aromatic heterocycles. The third-order valence-electron chi connectivity index (χ3n) is 4.54. The summed E-state index contributed by atoms with van der Waals surface area (Å²) in [5, 5.41) is 15.8. The minimum atomic E-state index is -3.28. The van der Waals surface area contributed by atoms with Crippen molar-refractivity contribution in [2.45, 2.75) is 24.9 Å². The Kier molecular flexibility index (Phi) is 8.95. The molecule has 2 rings (SSSR count). The van der Waals surface area contributed by atoms with Gasteiger partial charge in [-0.15, -0.1) is 11.3 Å². The maximum Gasteiger partial charge on any atom is 0.315 e. The zero-order chi connectivity index (χ0) is 25.3. The van der Waals surface area contributed by atoms with Crippen LogP contribution in [0.5, 0.6) is 0 Å². The Balaban J connectivity index is 2.18. The molecule has 4 amide bonds. The number of hydroxylamine groups is 1. The van der Waals surface area contributed by atoms with Crippen molar-refractivity contribution < 1.29 is 28.4 Å². The molecule has 0 aliphatic heterocycles. The standard InChI is InChI=1S/C22H21F2N5O4S/c1-22(20(23)24,28-21(32)26-2)17(19(31)29-33)27-18(30)14-9-7-13(8-10-14)5-3-4-6-15-11-12-16(25)34-15/h7-12,17,20,33H,25H2,1-2H3,(H,27,30)(H,29,31)(H2,26,28,32). The van der Waals surface area contributed by atoms with E-state index in [-0.39, 0.29) is 5.56 Å². The predicted octanol–water partition coefficient (Wildman–Crippen LogP) is 1.29. The van der Waals surface area contributed by atoms with Crippen LogP contribution in [-0.4, -0.2) is 48.1 Å². The Labute approximate surface area is 198 Å². The first kappa shape index (κ1) is 26.1. The van der Waals surface area contributed by atoms with Crippen LogP contribution in [0.25, 0.3) is 0 Å². The highest BCUT2D eigenvalue weighted by Crippen LogP contribution is 2.21. The van der Waals surface area contributed by atoms with Gasteiger partial charge in [-0.25, -0.2) is 19.1 Å². The lowest BCUT2D eigenvalue weighted by Crippen LogP contribution is -2.69. The molecule has 9 nitrogen and oxygen atoms in total. The molecule has 7 N–H and O–H groups in total. The van der Waals surface area contributed by atoms with E-state index < -0.39 is 35.9 Å². The van der Waals surface area contributed by atoms with E-state index in [1.54, 1.807) is 12.1 Å². The molecule has 2 atom stereocenters. The Morgan fingerprint density at radius 3 is 2.26 bits per heavy atom. The molecule has 2 unspecified atom stereocenters. The van der Waals surface area contributed by atoms with Crippen LogP contribution in [0.15, 0.2) is 36.4 Å². The van der Waals surface area contributed by atoms with Crippen LogP contribution in [0.2, 0.25) is 0 Å². The number of thiophene rings is 1. The van der Waals surface area contributed by atoms with Gasteiger partial charge >= 0.3 is 6.03 Å². The molecule has 0 aliphatic carbocycles. The van der Waals surface area contributed by atoms with Crippen molar-refractivity contribution in [1.82, 2.24) is 21.4 Å². The second-order valence-electron chi connectivity index (χ2n) is 6.95. The molecule has 0 saturated carbocycles. The number of hydrogen-bond donors (Lipinski definition) is 6. The van der Waals surface area contributed by atoms with Crippen molar-refractivity contribution in [3.63, 3.8) is 0 Å². The number of nitrogens with two attached hydrogens (primary N) is 1. The molecule has 1 heterocycles. The number of benzene rings is 1. The molecule has 0 saturated heterocycles. The zero-order valence-corrected chi connectivity index (χ0v) is 18.8. The highest BCUT2D eigenvalue weighted by Gasteiger charge is 2.48. The topological polar surface area (TPSA) is 146 Å². The van der Waals surface area contributed by atoms with Gasteiger partial charge < -0.3 is 21.7 Å². The van der Waals surface area contributed by atoms with Crippen molar-refractivity contribution in [3.8, 4) is 23.7 Å². The molecule has 0 aliphatic rings. The van der Waals surface area contributed by atoms with Gasteiger partial charge in [0.25, 0.3) is 18.2 Å². The molecule has 178 valence electrons. The summed E-state index contributed by atoms with van der Waals surface area (Å²) in [4.78, 5) is 37.1. The van der Waals surface area contributed by atoms with Gasteiger partial charge in [0.05, 0.1) is 9.88 Å². The maximum atomic E-state index is 13.8. The molecule has 0 fully saturated rings. The molecular formula is C22H21F2N5O4S. The summed E-state index contributed by atoms with van der Waals surface area (Å²) in [6.45, 7) is 0.858. The lowest BCUT2D eigenvalue weighted by Gasteiger charge is -2.36. The van der Waals surface area contributed by atoms with Crippen LogP contribution >= 0.6 is 11.3 Å². The summed E-state index contributed by atoms with van der Waals surface area (Å²) in [5.74, 6) is 8.73. The van der Waals surface area contributed by atoms with Gasteiger partial charge in [0, 0.05) is 18.2 Å². The van der Waals surface area contributed by atoms with Gasteiger partial charge in [-0.2, -0.15) is 0 Å². The van der Waals surface area contributed by atoms with Crippen LogP contribution in [0.1, 0.15) is 27.7 Å². The smallest absolute Gasteiger partial charge is 0.315 e. The van der Waals surface area contributed by atoms with Crippen molar-refractivity contribution in [3.05, 3.63) is 52.4 Å². The number of halogens is 2. The summed E-state index contributed by atoms with van der Waals surface area (Å²) < 4.78 is 27.6. The van der Waals surface area contributed by atoms with Crippen LogP contribution in [0.3, 0.4) is 0 Å². The van der Waals surface area contributed by atoms with Gasteiger partial charge in [0.1, 0.15) is 11.6 Å². The maximum absolute atomic E-state index is 13.8. The van der Waals surface area contributed by atoms with Gasteiger partial charge in [-0.3, -0.25) is 14.8 Å². The molecule has 34 heavy (non-hydrogen) atoms. The third-order valence-corrected chi connectivity index (χ3v) is 5.37. The zero-order valence-electron chi connectivity index (χ0n) is 18.0. The van der Waals surface area contributed by atoms with E-state index in [9.17, 15) is 23.2 Å². The fourth-order valence-electron chi connectivity index (χ4n) is 2.65. The van der Waals surface area contributed by atoms with Gasteiger partial charge in [0.15, 0.2) is 0 Å². The SMILES string of the molecule is CNC(=O)NC(C)(C(F)F)C(NC(=O)c1ccc(C#CC#Cc2ccc(N)s2)cc1)C(=O)NO. The van der Waals surface area contributed by atoms with E-state index in [1.807, 2.05) is 5.32 Å². The molecular weight excluding hydrogens is 468 g/mol. The fourth-order valence-corrected chi connectivity index (χ4v) is 3.28. The number of nitrogens with one attached hydrogen (secondary N) is 4. The lowest BCUT2D eigenvalue weighted by atomic mass is 9.91. The monoisotopic (exact) mass is 489 g/mol. The molecule has 1 aromatic carbocycles. The average Bonchev–Trinajstić information content (AvgIpc) is 3.24. The quantitative estimate of drug-likeness (QED) is 0.206. The minimum absolute atomic E-state index is 0.0259. The number of rotatable bonds is 6. The number of amides is 4. The van der Waals surface area contributed by atoms with Crippen molar-refractivity contribution in [1.29, 1.82) is 0 Å². The lowest BCUT2D eigenvalue weighted by molar-refractivity contribution is -0.135. The first-order chi connectivity index (χ1) is 16.1. The third kappa shape index (κ3) is 6.68. The number of anilines is 1. The van der Waals surface area contributed by atoms with E-state index in [0.717, 1.165) is 11.8 Å². The number of hydrogen-bond acceptors (Lipinski definition) is 6. The second kappa shape index (κ2) is 11.7. The number of carbonyl (C=O) groups excluding carboxylic acids is 3. The summed E-state index contributed by atoms with van der Waals surface area (Å²) in [7, 11) is 1.19. The average molecular weight is 490 g/mol. The minimum Gasteiger partial charge on any atom is -0.391 e. The molecule has 0 radical (unpaired) electrons. The van der Waals surface area contributed by atoms with Crippen molar-refractivity contribution >= 4 is 34.2 Å². The normalized spacial score (nSPS) is 12.6.